The summed E-state index contributed by atoms with van der Waals surface area (Å²) in [5, 5.41) is 5.39. The molecule has 1 N–H and O–H groups in total. The maximum Gasteiger partial charge on any atom is 0.268 e. The number of amides is 1. The van der Waals surface area contributed by atoms with E-state index in [4.69, 9.17) is 23.2 Å². The van der Waals surface area contributed by atoms with Crippen molar-refractivity contribution in [2.24, 2.45) is 4.99 Å². The van der Waals surface area contributed by atoms with E-state index in [9.17, 15) is 4.79 Å². The van der Waals surface area contributed by atoms with E-state index in [1.54, 1.807) is 6.07 Å². The van der Waals surface area contributed by atoms with Gasteiger partial charge in [-0.25, -0.2) is 0 Å². The van der Waals surface area contributed by atoms with Gasteiger partial charge in [0.2, 0.25) is 0 Å². The summed E-state index contributed by atoms with van der Waals surface area (Å²) in [5.74, 6) is 0.696. The fraction of sp³-hybridized carbons (Fsp3) is 0.167. The fourth-order valence-electron chi connectivity index (χ4n) is 1.75. The molecule has 1 aromatic heterocycles. The first-order valence-corrected chi connectivity index (χ1v) is 8.07. The van der Waals surface area contributed by atoms with Crippen LogP contribution in [0.5, 0.6) is 0 Å². The zero-order valence-corrected chi connectivity index (χ0v) is 13.9. The predicted molar refractivity (Wildman–Crippen MR) is 91.3 cm³/mol. The van der Waals surface area contributed by atoms with Gasteiger partial charge in [0.1, 0.15) is 4.88 Å². The Labute approximate surface area is 140 Å². The molecular formula is C12H9Cl3N2OS2. The van der Waals surface area contributed by atoms with Crippen molar-refractivity contribution in [1.29, 1.82) is 0 Å². The molecule has 1 aromatic carbocycles. The summed E-state index contributed by atoms with van der Waals surface area (Å²) in [6.45, 7) is 0.746. The van der Waals surface area contributed by atoms with Crippen molar-refractivity contribution in [2.45, 2.75) is 0 Å². The number of aliphatic imine (C=N–C) groups is 1. The van der Waals surface area contributed by atoms with E-state index in [1.165, 1.54) is 23.1 Å². The second-order valence-electron chi connectivity index (χ2n) is 3.88. The van der Waals surface area contributed by atoms with Crippen LogP contribution in [0.2, 0.25) is 10.0 Å². The minimum Gasteiger partial charge on any atom is -0.301 e. The maximum atomic E-state index is 12.2. The molecule has 0 spiro atoms. The van der Waals surface area contributed by atoms with Crippen LogP contribution in [0, 0.1) is 0 Å². The highest BCUT2D eigenvalue weighted by Gasteiger charge is 2.19. The van der Waals surface area contributed by atoms with Crippen molar-refractivity contribution < 1.29 is 4.79 Å². The molecule has 0 saturated heterocycles. The predicted octanol–water partition coefficient (Wildman–Crippen LogP) is 4.46. The molecule has 0 bridgehead atoms. The number of benzene rings is 1. The Balaban J connectivity index is 0.00000147. The van der Waals surface area contributed by atoms with Gasteiger partial charge in [-0.15, -0.1) is 23.7 Å². The van der Waals surface area contributed by atoms with E-state index in [2.05, 4.69) is 10.3 Å². The first-order valence-electron chi connectivity index (χ1n) is 5.51. The molecule has 1 amide bonds. The maximum absolute atomic E-state index is 12.2. The lowest BCUT2D eigenvalue weighted by Gasteiger charge is -2.01. The molecule has 0 unspecified atom stereocenters. The summed E-state index contributed by atoms with van der Waals surface area (Å²) < 4.78 is 0.906. The minimum absolute atomic E-state index is 0. The molecule has 0 aliphatic carbocycles. The number of thioether (sulfide) groups is 1. The molecule has 0 atom stereocenters. The molecular weight excluding hydrogens is 359 g/mol. The van der Waals surface area contributed by atoms with Gasteiger partial charge < -0.3 is 5.32 Å². The normalized spacial score (nSPS) is 14.0. The quantitative estimate of drug-likeness (QED) is 0.808. The van der Waals surface area contributed by atoms with Gasteiger partial charge in [0.25, 0.3) is 5.91 Å². The van der Waals surface area contributed by atoms with Crippen molar-refractivity contribution in [2.75, 3.05) is 12.3 Å². The molecule has 20 heavy (non-hydrogen) atoms. The largest absolute Gasteiger partial charge is 0.301 e. The van der Waals surface area contributed by atoms with Gasteiger partial charge in [0.05, 0.1) is 11.6 Å². The number of hydrogen-bond acceptors (Lipinski definition) is 4. The number of fused-ring (bicyclic) bond motifs is 1. The van der Waals surface area contributed by atoms with Crippen LogP contribution >= 0.6 is 58.7 Å². The molecule has 0 fully saturated rings. The van der Waals surface area contributed by atoms with E-state index in [0.717, 1.165) is 22.4 Å². The summed E-state index contributed by atoms with van der Waals surface area (Å²) in [7, 11) is 0. The Kier molecular flexibility index (Phi) is 5.20. The Bertz CT molecular complexity index is 699. The Morgan fingerprint density at radius 2 is 2.15 bits per heavy atom. The zero-order valence-electron chi connectivity index (χ0n) is 9.98. The number of amidine groups is 1. The summed E-state index contributed by atoms with van der Waals surface area (Å²) in [5.41, 5.74) is 0. The number of hydrogen-bond donors (Lipinski definition) is 1. The Morgan fingerprint density at radius 1 is 1.35 bits per heavy atom. The molecule has 3 rings (SSSR count). The molecule has 1 aliphatic heterocycles. The highest BCUT2D eigenvalue weighted by molar-refractivity contribution is 8.14. The molecule has 2 heterocycles. The number of nitrogens with one attached hydrogen (secondary N) is 1. The molecule has 8 heteroatoms. The van der Waals surface area contributed by atoms with Crippen molar-refractivity contribution in [3.8, 4) is 0 Å². The van der Waals surface area contributed by atoms with Crippen molar-refractivity contribution >= 4 is 79.9 Å². The van der Waals surface area contributed by atoms with Gasteiger partial charge in [0, 0.05) is 20.9 Å². The zero-order chi connectivity index (χ0) is 13.4. The van der Waals surface area contributed by atoms with Crippen LogP contribution in [0.25, 0.3) is 10.1 Å². The molecule has 3 nitrogen and oxygen atoms in total. The van der Waals surface area contributed by atoms with Crippen molar-refractivity contribution in [1.82, 2.24) is 5.32 Å². The van der Waals surface area contributed by atoms with Crippen LogP contribution in [0.4, 0.5) is 0 Å². The second-order valence-corrected chi connectivity index (χ2v) is 6.83. The number of nitrogens with zero attached hydrogens (tertiary/aromatic N) is 1. The van der Waals surface area contributed by atoms with Crippen LogP contribution < -0.4 is 5.32 Å². The van der Waals surface area contributed by atoms with E-state index >= 15 is 0 Å². The third kappa shape index (κ3) is 3.07. The summed E-state index contributed by atoms with van der Waals surface area (Å²) in [6.07, 6.45) is 0. The van der Waals surface area contributed by atoms with Crippen LogP contribution in [0.1, 0.15) is 9.67 Å². The highest BCUT2D eigenvalue weighted by Crippen LogP contribution is 2.36. The average molecular weight is 368 g/mol. The van der Waals surface area contributed by atoms with E-state index in [1.807, 2.05) is 12.1 Å². The van der Waals surface area contributed by atoms with E-state index in [-0.39, 0.29) is 18.3 Å². The van der Waals surface area contributed by atoms with Gasteiger partial charge >= 0.3 is 0 Å². The van der Waals surface area contributed by atoms with Crippen molar-refractivity contribution in [3.63, 3.8) is 0 Å². The molecule has 1 aliphatic rings. The van der Waals surface area contributed by atoms with Crippen LogP contribution in [0.15, 0.2) is 23.2 Å². The highest BCUT2D eigenvalue weighted by atomic mass is 35.5. The molecule has 2 aromatic rings. The fourth-order valence-corrected chi connectivity index (χ4v) is 4.16. The lowest BCUT2D eigenvalue weighted by molar-refractivity contribution is 0.0982. The van der Waals surface area contributed by atoms with E-state index < -0.39 is 0 Å². The third-order valence-corrected chi connectivity index (χ3v) is 5.39. The lowest BCUT2D eigenvalue weighted by atomic mass is 10.2. The number of rotatable bonds is 1. The first kappa shape index (κ1) is 15.9. The van der Waals surface area contributed by atoms with Gasteiger partial charge in [-0.1, -0.05) is 41.0 Å². The Morgan fingerprint density at radius 3 is 2.85 bits per heavy atom. The second kappa shape index (κ2) is 6.54. The van der Waals surface area contributed by atoms with Gasteiger partial charge in [-0.2, -0.15) is 0 Å². The number of thiophene rings is 1. The van der Waals surface area contributed by atoms with Gasteiger partial charge in [0.15, 0.2) is 5.17 Å². The summed E-state index contributed by atoms with van der Waals surface area (Å²) in [4.78, 5) is 16.8. The van der Waals surface area contributed by atoms with Crippen LogP contribution in [-0.4, -0.2) is 23.4 Å². The topological polar surface area (TPSA) is 41.5 Å². The lowest BCUT2D eigenvalue weighted by Crippen LogP contribution is -2.26. The van der Waals surface area contributed by atoms with Crippen molar-refractivity contribution in [3.05, 3.63) is 33.1 Å². The minimum atomic E-state index is -0.213. The first-order chi connectivity index (χ1) is 9.15. The molecule has 0 radical (unpaired) electrons. The van der Waals surface area contributed by atoms with Gasteiger partial charge in [-0.05, 0) is 12.1 Å². The number of carbonyl (C=O) groups excluding carboxylic acids is 1. The molecule has 106 valence electrons. The third-order valence-electron chi connectivity index (χ3n) is 2.60. The smallest absolute Gasteiger partial charge is 0.268 e. The molecule has 0 saturated carbocycles. The number of carbonyl (C=O) groups is 1. The standard InChI is InChI=1S/C12H8Cl2N2OS2.ClH/c13-6-1-2-7-8(5-6)19-10(9(7)14)11(17)16-12-15-3-4-18-12;/h1-2,5H,3-4H2,(H,15,16,17);1H. The van der Waals surface area contributed by atoms with Crippen LogP contribution in [-0.2, 0) is 0 Å². The van der Waals surface area contributed by atoms with Gasteiger partial charge in [-0.3, -0.25) is 9.79 Å². The SMILES string of the molecule is Cl.O=C(NC1=NCCS1)c1sc2cc(Cl)ccc2c1Cl. The average Bonchev–Trinajstić information content (AvgIpc) is 2.97. The monoisotopic (exact) mass is 366 g/mol. The summed E-state index contributed by atoms with van der Waals surface area (Å²) >= 11 is 15.1. The number of halogens is 3. The van der Waals surface area contributed by atoms with Crippen LogP contribution in [0.3, 0.4) is 0 Å². The Hall–Kier alpha value is -0.460. The summed E-state index contributed by atoms with van der Waals surface area (Å²) in [6, 6.07) is 5.41. The van der Waals surface area contributed by atoms with E-state index in [0.29, 0.717) is 20.1 Å².